The molecule has 1 aliphatic carbocycles. The van der Waals surface area contributed by atoms with Crippen molar-refractivity contribution < 1.29 is 22.7 Å². The van der Waals surface area contributed by atoms with Crippen LogP contribution in [0.15, 0.2) is 70.5 Å². The van der Waals surface area contributed by atoms with Crippen LogP contribution >= 0.6 is 23.4 Å². The van der Waals surface area contributed by atoms with E-state index in [-0.39, 0.29) is 17.3 Å². The Kier molecular flexibility index (Phi) is 10.0. The second kappa shape index (κ2) is 13.7. The molecular weight excluding hydrogens is 592 g/mol. The average Bonchev–Trinajstić information content (AvgIpc) is 2.98. The maximum Gasteiger partial charge on any atom is 0.309 e. The summed E-state index contributed by atoms with van der Waals surface area (Å²) in [6.07, 6.45) is 5.39. The number of anilines is 1. The zero-order valence-electron chi connectivity index (χ0n) is 23.8. The van der Waals surface area contributed by atoms with Crippen LogP contribution in [0.2, 0.25) is 5.02 Å². The summed E-state index contributed by atoms with van der Waals surface area (Å²) < 4.78 is 35.7. The fraction of sp³-hybridized carbons (Fsp3) is 0.406. The van der Waals surface area contributed by atoms with E-state index in [0.717, 1.165) is 72.7 Å². The van der Waals surface area contributed by atoms with Gasteiger partial charge < -0.3 is 14.4 Å². The molecule has 1 fully saturated rings. The lowest BCUT2D eigenvalue weighted by Crippen LogP contribution is -2.40. The highest BCUT2D eigenvalue weighted by molar-refractivity contribution is 7.99. The lowest BCUT2D eigenvalue weighted by molar-refractivity contribution is -0.139. The van der Waals surface area contributed by atoms with Crippen molar-refractivity contribution in [2.75, 3.05) is 30.9 Å². The van der Waals surface area contributed by atoms with E-state index in [2.05, 4.69) is 17.0 Å². The first-order valence-electron chi connectivity index (χ1n) is 14.3. The van der Waals surface area contributed by atoms with E-state index >= 15 is 0 Å². The van der Waals surface area contributed by atoms with Crippen molar-refractivity contribution >= 4 is 45.0 Å². The molecule has 0 unspecified atom stereocenters. The molecule has 0 bridgehead atoms. The Balaban J connectivity index is 1.33. The number of esters is 1. The first kappa shape index (κ1) is 30.7. The Morgan fingerprint density at radius 2 is 1.90 bits per heavy atom. The molecule has 2 aliphatic rings. The minimum absolute atomic E-state index is 0.0875. The van der Waals surface area contributed by atoms with Crippen molar-refractivity contribution in [3.63, 3.8) is 0 Å². The Morgan fingerprint density at radius 3 is 2.67 bits per heavy atom. The minimum Gasteiger partial charge on any atom is -0.487 e. The summed E-state index contributed by atoms with van der Waals surface area (Å²) in [5.74, 6) is 2.40. The number of rotatable bonds is 8. The van der Waals surface area contributed by atoms with Gasteiger partial charge in [-0.05, 0) is 103 Å². The highest BCUT2D eigenvalue weighted by Crippen LogP contribution is 2.41. The van der Waals surface area contributed by atoms with E-state index < -0.39 is 10.0 Å². The Hall–Kier alpha value is -2.72. The summed E-state index contributed by atoms with van der Waals surface area (Å²) in [6.45, 7) is 1.98. The van der Waals surface area contributed by atoms with E-state index in [1.807, 2.05) is 42.1 Å². The van der Waals surface area contributed by atoms with Crippen LogP contribution in [0.5, 0.6) is 5.75 Å². The van der Waals surface area contributed by atoms with Gasteiger partial charge in [-0.15, -0.1) is 11.8 Å². The Bertz CT molecular complexity index is 1530. The standard InChI is InChI=1S/C32H37ClN2O5S2/c1-39-32(36)16-22-5-4-7-28(15-22)41-21-26-9-8-24(26)19-35-14-3-2-6-23-17-27(33)11-10-25(23)20-40-31-13-12-29(18-30(31)35)42(34,37)38/h4-5,7,10-13,15,17-18,24,26H,2-3,6,8-9,14,16,19-21H2,1H3,(H2,34,37,38)/t24-,26-/m0/s1. The van der Waals surface area contributed by atoms with Gasteiger partial charge in [0.25, 0.3) is 0 Å². The molecule has 5 rings (SSSR count). The summed E-state index contributed by atoms with van der Waals surface area (Å²) in [4.78, 5) is 15.2. The molecule has 10 heteroatoms. The number of ether oxygens (including phenoxy) is 2. The van der Waals surface area contributed by atoms with Crippen LogP contribution in [-0.2, 0) is 39.0 Å². The van der Waals surface area contributed by atoms with Crippen molar-refractivity contribution in [2.45, 2.75) is 54.9 Å². The van der Waals surface area contributed by atoms with Crippen LogP contribution in [-0.4, -0.2) is 40.3 Å². The van der Waals surface area contributed by atoms with E-state index in [0.29, 0.717) is 29.2 Å². The topological polar surface area (TPSA) is 98.9 Å². The maximum atomic E-state index is 12.3. The number of hydrogen-bond donors (Lipinski definition) is 1. The first-order valence-corrected chi connectivity index (χ1v) is 17.2. The molecule has 1 heterocycles. The van der Waals surface area contributed by atoms with Crippen molar-refractivity contribution in [1.29, 1.82) is 0 Å². The van der Waals surface area contributed by atoms with Crippen LogP contribution in [0.1, 0.15) is 42.4 Å². The van der Waals surface area contributed by atoms with Crippen molar-refractivity contribution in [3.05, 3.63) is 82.4 Å². The number of hydrogen-bond acceptors (Lipinski definition) is 7. The van der Waals surface area contributed by atoms with Crippen LogP contribution < -0.4 is 14.8 Å². The highest BCUT2D eigenvalue weighted by Gasteiger charge is 2.33. The largest absolute Gasteiger partial charge is 0.487 e. The predicted molar refractivity (Wildman–Crippen MR) is 168 cm³/mol. The zero-order chi connectivity index (χ0) is 29.7. The summed E-state index contributed by atoms with van der Waals surface area (Å²) in [7, 11) is -2.46. The molecule has 2 N–H and O–H groups in total. The van der Waals surface area contributed by atoms with Gasteiger partial charge in [-0.1, -0.05) is 29.8 Å². The molecule has 0 amide bonds. The quantitative estimate of drug-likeness (QED) is 0.233. The normalized spacial score (nSPS) is 19.0. The van der Waals surface area contributed by atoms with Gasteiger partial charge in [0.05, 0.1) is 24.1 Å². The number of nitrogens with zero attached hydrogens (tertiary/aromatic N) is 1. The predicted octanol–water partition coefficient (Wildman–Crippen LogP) is 6.24. The van der Waals surface area contributed by atoms with Gasteiger partial charge in [0.1, 0.15) is 12.4 Å². The summed E-state index contributed by atoms with van der Waals surface area (Å²) in [5.41, 5.74) is 3.99. The molecule has 42 heavy (non-hydrogen) atoms. The van der Waals surface area contributed by atoms with Crippen LogP contribution in [0.25, 0.3) is 0 Å². The molecule has 0 saturated heterocycles. The number of aryl methyl sites for hydroxylation is 1. The van der Waals surface area contributed by atoms with E-state index in [4.69, 9.17) is 26.2 Å². The second-order valence-electron chi connectivity index (χ2n) is 11.1. The molecule has 224 valence electrons. The molecule has 7 nitrogen and oxygen atoms in total. The van der Waals surface area contributed by atoms with Gasteiger partial charge in [-0.25, -0.2) is 13.6 Å². The van der Waals surface area contributed by atoms with Crippen LogP contribution in [0, 0.1) is 11.8 Å². The number of primary sulfonamides is 1. The van der Waals surface area contributed by atoms with E-state index in [1.165, 1.54) is 18.7 Å². The van der Waals surface area contributed by atoms with E-state index in [9.17, 15) is 13.2 Å². The number of methoxy groups -OCH3 is 1. The summed E-state index contributed by atoms with van der Waals surface area (Å²) in [6, 6.07) is 18.9. The number of sulfonamides is 1. The van der Waals surface area contributed by atoms with Gasteiger partial charge in [0.2, 0.25) is 10.0 Å². The molecule has 1 saturated carbocycles. The number of halogens is 1. The fourth-order valence-electron chi connectivity index (χ4n) is 5.66. The summed E-state index contributed by atoms with van der Waals surface area (Å²) in [5, 5.41) is 6.25. The molecule has 1 aliphatic heterocycles. The number of fused-ring (bicyclic) bond motifs is 2. The SMILES string of the molecule is COC(=O)Cc1cccc(SC[C@@H]2CC[C@H]2CN2CCCCc3cc(Cl)ccc3COc3ccc(S(N)(=O)=O)cc32)c1. The third kappa shape index (κ3) is 7.81. The van der Waals surface area contributed by atoms with Gasteiger partial charge >= 0.3 is 5.97 Å². The zero-order valence-corrected chi connectivity index (χ0v) is 26.1. The number of benzene rings is 3. The summed E-state index contributed by atoms with van der Waals surface area (Å²) >= 11 is 8.11. The van der Waals surface area contributed by atoms with Gasteiger partial charge in [0, 0.05) is 28.8 Å². The van der Waals surface area contributed by atoms with Crippen molar-refractivity contribution in [3.8, 4) is 5.75 Å². The smallest absolute Gasteiger partial charge is 0.309 e. The number of carbonyl (C=O) groups excluding carboxylic acids is 1. The average molecular weight is 629 g/mol. The van der Waals surface area contributed by atoms with Crippen molar-refractivity contribution in [1.82, 2.24) is 0 Å². The number of thioether (sulfide) groups is 1. The van der Waals surface area contributed by atoms with E-state index in [1.54, 1.807) is 12.1 Å². The molecule has 3 aromatic rings. The third-order valence-electron chi connectivity index (χ3n) is 8.24. The molecule has 0 spiro atoms. The Morgan fingerprint density at radius 1 is 1.07 bits per heavy atom. The third-order valence-corrected chi connectivity index (χ3v) is 10.6. The van der Waals surface area contributed by atoms with Crippen molar-refractivity contribution in [2.24, 2.45) is 17.0 Å². The lowest BCUT2D eigenvalue weighted by Gasteiger charge is -2.41. The maximum absolute atomic E-state index is 12.3. The first-order chi connectivity index (χ1) is 20.2. The van der Waals surface area contributed by atoms with Gasteiger partial charge in [0.15, 0.2) is 0 Å². The van der Waals surface area contributed by atoms with Gasteiger partial charge in [-0.3, -0.25) is 4.79 Å². The molecule has 0 radical (unpaired) electrons. The second-order valence-corrected chi connectivity index (χ2v) is 14.2. The van der Waals surface area contributed by atoms with Gasteiger partial charge in [-0.2, -0.15) is 0 Å². The van der Waals surface area contributed by atoms with Crippen LogP contribution in [0.3, 0.4) is 0 Å². The minimum atomic E-state index is -3.87. The highest BCUT2D eigenvalue weighted by atomic mass is 35.5. The fourth-order valence-corrected chi connectivity index (χ4v) is 7.65. The Labute approximate surface area is 257 Å². The monoisotopic (exact) mass is 628 g/mol. The molecular formula is C32H37ClN2O5S2. The molecule has 2 atom stereocenters. The lowest BCUT2D eigenvalue weighted by atomic mass is 9.74. The number of nitrogens with two attached hydrogens (primary N) is 1. The number of carbonyl (C=O) groups is 1. The molecule has 3 aromatic carbocycles. The van der Waals surface area contributed by atoms with Crippen LogP contribution in [0.4, 0.5) is 5.69 Å². The molecule has 0 aromatic heterocycles.